The van der Waals surface area contributed by atoms with E-state index in [0.29, 0.717) is 0 Å². The quantitative estimate of drug-likeness (QED) is 0.0272. The Morgan fingerprint density at radius 2 is 0.524 bits per heavy atom. The fourth-order valence-electron chi connectivity index (χ4n) is 19.0. The molecule has 63 nitrogen and oxygen atoms in total. The molecule has 0 bridgehead atoms. The lowest BCUT2D eigenvalue weighted by Crippen LogP contribution is -2.72. The van der Waals surface area contributed by atoms with Crippen molar-refractivity contribution in [3.05, 3.63) is 0 Å². The van der Waals surface area contributed by atoms with Crippen molar-refractivity contribution in [2.75, 3.05) is 94.0 Å². The molecule has 33 N–H and O–H groups in total. The van der Waals surface area contributed by atoms with Crippen LogP contribution in [0.3, 0.4) is 0 Å². The molecule has 12 heterocycles. The molecule has 0 saturated carbocycles. The predicted molar refractivity (Wildman–Crippen MR) is 448 cm³/mol. The minimum Gasteiger partial charge on any atom is -0.394 e. The van der Waals surface area contributed by atoms with Gasteiger partial charge >= 0.3 is 0 Å². The monoisotopic (exact) mass is 2120 g/mol. The van der Waals surface area contributed by atoms with Gasteiger partial charge in [0.15, 0.2) is 75.5 Å². The van der Waals surface area contributed by atoms with Gasteiger partial charge in [-0.3, -0.25) is 19.2 Å². The van der Waals surface area contributed by atoms with E-state index in [-0.39, 0.29) is 0 Å². The van der Waals surface area contributed by atoms with Crippen molar-refractivity contribution < 1.29 is 290 Å². The predicted octanol–water partition coefficient (Wildman–Crippen LogP) is -23.0. The lowest BCUT2D eigenvalue weighted by atomic mass is 9.93. The fraction of sp³-hybridized carbons (Fsp3) is 0.951. The van der Waals surface area contributed by atoms with Gasteiger partial charge in [-0.05, 0) is 6.92 Å². The van der Waals surface area contributed by atoms with Gasteiger partial charge in [0.2, 0.25) is 23.6 Å². The maximum atomic E-state index is 13.7. The Hall–Kier alpha value is -4.32. The Morgan fingerprint density at radius 3 is 0.979 bits per heavy atom. The molecule has 145 heavy (non-hydrogen) atoms. The molecular weight excluding hydrogens is 1980 g/mol. The van der Waals surface area contributed by atoms with Crippen molar-refractivity contribution in [2.24, 2.45) is 0 Å². The van der Waals surface area contributed by atoms with Crippen molar-refractivity contribution in [3.63, 3.8) is 0 Å². The lowest BCUT2D eigenvalue weighted by molar-refractivity contribution is -0.411. The lowest BCUT2D eigenvalue weighted by Gasteiger charge is -2.52. The Morgan fingerprint density at radius 1 is 0.234 bits per heavy atom. The van der Waals surface area contributed by atoms with Gasteiger partial charge < -0.3 is 293 Å². The number of rotatable bonds is 39. The van der Waals surface area contributed by atoms with Crippen molar-refractivity contribution in [3.8, 4) is 0 Å². The number of aliphatic hydroxyl groups excluding tert-OH is 29. The molecule has 12 aliphatic heterocycles. The van der Waals surface area contributed by atoms with Gasteiger partial charge in [0.1, 0.15) is 281 Å². The van der Waals surface area contributed by atoms with Crippen molar-refractivity contribution in [1.29, 1.82) is 0 Å². The van der Waals surface area contributed by atoms with E-state index in [1.165, 1.54) is 6.92 Å². The topological polar surface area (TPSA) is 943 Å². The molecule has 0 aromatic rings. The summed E-state index contributed by atoms with van der Waals surface area (Å²) in [5.74, 6) is -3.98. The van der Waals surface area contributed by atoms with E-state index >= 15 is 0 Å². The Labute approximate surface area is 823 Å². The second-order valence-electron chi connectivity index (χ2n) is 36.9. The van der Waals surface area contributed by atoms with Crippen LogP contribution in [0.4, 0.5) is 0 Å². The van der Waals surface area contributed by atoms with Crippen LogP contribution < -0.4 is 21.3 Å². The van der Waals surface area contributed by atoms with Gasteiger partial charge in [-0.2, -0.15) is 0 Å². The number of aliphatic hydroxyl groups is 29. The standard InChI is InChI=1S/C82H138N4O59/c1-20-40(98)52(110)56(114)75(128-20)127-19-35-63(49(107)36(71(119)129-35)83-21(2)93)140-72-37(84-22(3)94)51(109)62(31(14-92)134-72)141-82-70(145-77-55(113)41(99)25(97)15-123-77)68(48(106)34(138-82)18-124-76-57(115)53(111)42(100)26(9-87)130-76)143-81-69(54(112)43(101)27(10-88)133-81)144-73-38(85-23(4)95)50(108)61(30(13-91)135-73)139-74-39(86-24(5)96)64(46(104)32(136-74)16-125-78-58(116)65(120-6)44(102)28(11-89)131-78)142-80-60(118)67(122-8)47(105)33(137-80)17-126-79-59(117)66(121-7)45(103)29(12-90)132-79/h20,25-82,87-92,97-119H,9-19H2,1-8H3,(H,83,93)(H,84,94)(H,85,95)(H,86,96)/t20-,25+,26+,27+,28+,29+,30+,31+,32+,33+,34+,35+,36+,37+,38+,39+,40+,41-,42+,43+,44-,45-,46-,47-,48+,49+,50+,51+,52+,53-,54-,55+,56-,57-,58+,59+,60+,61+,62+,63+,64+,65+,66-,67-,68-,69-,70-,71+,72-,73-,74-,75+,76-,77-,78+,79+,80-,81+,82-/m0/s1. The molecule has 12 aliphatic rings. The minimum absolute atomic E-state index is 0.817. The van der Waals surface area contributed by atoms with Crippen LogP contribution in [-0.4, -0.2) is 628 Å². The first-order valence-corrected chi connectivity index (χ1v) is 46.6. The number of hydrogen-bond donors (Lipinski definition) is 33. The zero-order valence-electron chi connectivity index (χ0n) is 79.1. The summed E-state index contributed by atoms with van der Waals surface area (Å²) in [7, 11) is 3.25. The third-order valence-corrected chi connectivity index (χ3v) is 26.9. The number of carbonyl (C=O) groups is 4. The highest BCUT2D eigenvalue weighted by atomic mass is 16.8. The molecule has 0 aromatic heterocycles. The van der Waals surface area contributed by atoms with E-state index in [1.54, 1.807) is 0 Å². The molecule has 4 amide bonds. The highest BCUT2D eigenvalue weighted by Crippen LogP contribution is 2.43. The van der Waals surface area contributed by atoms with Crippen LogP contribution in [0.1, 0.15) is 34.6 Å². The summed E-state index contributed by atoms with van der Waals surface area (Å²) in [4.78, 5) is 53.5. The van der Waals surface area contributed by atoms with Gasteiger partial charge in [0, 0.05) is 49.0 Å². The molecule has 0 unspecified atom stereocenters. The van der Waals surface area contributed by atoms with E-state index in [1.807, 2.05) is 0 Å². The zero-order chi connectivity index (χ0) is 106. The maximum Gasteiger partial charge on any atom is 0.217 e. The molecule has 12 rings (SSSR count). The largest absolute Gasteiger partial charge is 0.394 e. The number of carbonyl (C=O) groups excluding carboxylic acids is 4. The van der Waals surface area contributed by atoms with Gasteiger partial charge in [-0.15, -0.1) is 0 Å². The van der Waals surface area contributed by atoms with Crippen LogP contribution in [-0.2, 0) is 142 Å². The normalized spacial score (nSPS) is 49.6. The van der Waals surface area contributed by atoms with Crippen molar-refractivity contribution in [2.45, 2.75) is 397 Å². The highest BCUT2D eigenvalue weighted by Gasteiger charge is 2.64. The second-order valence-corrected chi connectivity index (χ2v) is 36.9. The molecule has 59 atom stereocenters. The van der Waals surface area contributed by atoms with Gasteiger partial charge in [-0.1, -0.05) is 0 Å². The Bertz CT molecular complexity index is 3980. The van der Waals surface area contributed by atoms with E-state index in [9.17, 15) is 167 Å². The van der Waals surface area contributed by atoms with Crippen molar-refractivity contribution in [1.82, 2.24) is 21.3 Å². The third kappa shape index (κ3) is 26.7. The average molecular weight is 2120 g/mol. The first kappa shape index (κ1) is 119. The van der Waals surface area contributed by atoms with Crippen LogP contribution in [0, 0.1) is 0 Å². The number of amides is 4. The molecule has 0 spiro atoms. The highest BCUT2D eigenvalue weighted by molar-refractivity contribution is 5.74. The number of hydrogen-bond acceptors (Lipinski definition) is 59. The van der Waals surface area contributed by atoms with E-state index in [4.69, 9.17) is 123 Å². The summed E-state index contributed by atoms with van der Waals surface area (Å²) in [6.45, 7) is -6.51. The number of nitrogens with one attached hydrogen (secondary N) is 4. The Kier molecular flexibility index (Phi) is 43.4. The zero-order valence-corrected chi connectivity index (χ0v) is 79.1. The van der Waals surface area contributed by atoms with Gasteiger partial charge in [0.25, 0.3) is 0 Å². The van der Waals surface area contributed by atoms with Crippen molar-refractivity contribution >= 4 is 23.6 Å². The van der Waals surface area contributed by atoms with Crippen LogP contribution in [0.15, 0.2) is 0 Å². The van der Waals surface area contributed by atoms with Crippen LogP contribution in [0.25, 0.3) is 0 Å². The second kappa shape index (κ2) is 52.7. The summed E-state index contributed by atoms with van der Waals surface area (Å²) in [6, 6.07) is -8.12. The smallest absolute Gasteiger partial charge is 0.217 e. The summed E-state index contributed by atoms with van der Waals surface area (Å²) in [5, 5.41) is 340. The summed E-state index contributed by atoms with van der Waals surface area (Å²) in [5.41, 5.74) is 0. The SMILES string of the molecule is CO[C@@H]1[C@@H](O)[C@@H](CO)O[C@@H](OC[C@H]2O[C@@H](O[C@H]3[C@H](O)[C@@H](NC(C)=O)[C@H](O[C@@H]4[C@@H](O[C@H]5[C@H](O)[C@@H](CO[C@H]6O[C@H](CO)[C@@H](O)[C@H](O)[C@@H]6O)O[C@@H](O[C@H]6[C@H](O)[C@@H](NC(C)=O)[C@H](O[C@H]7[C@H](O)[C@@H](NC(C)=O)[C@H](O)O[C@@H]7CO[C@@H]7O[C@@H](C)[C@@H](O)[C@@H](O)[C@@H]7O)O[C@@H]6CO)[C@H]5O[C@@H]5OC[C@@H](O)[C@H](O)[C@H]5O)O[C@H](CO)[C@@H](O)[C@@H]4O)O[C@@H]3CO)[C@H](NC(C)=O)[C@@H](O[C@@H]3O[C@H](CO[C@@H]4O[C@H](CO)[C@H](O)[C@H](OC)[C@H]4O)[C@H](O)[C@H](OC)[C@H]3O)[C@H]2O)[C@@H]1O. The van der Waals surface area contributed by atoms with Crippen LogP contribution >= 0.6 is 0 Å². The summed E-state index contributed by atoms with van der Waals surface area (Å²) < 4.78 is 156. The van der Waals surface area contributed by atoms with Crippen LogP contribution in [0.5, 0.6) is 0 Å². The fourth-order valence-corrected chi connectivity index (χ4v) is 19.0. The molecular formula is C82H138N4O59. The molecule has 840 valence electrons. The number of ether oxygens (including phenoxy) is 26. The molecule has 12 fully saturated rings. The van der Waals surface area contributed by atoms with Gasteiger partial charge in [-0.25, -0.2) is 0 Å². The molecule has 0 aliphatic carbocycles. The number of methoxy groups -OCH3 is 3. The molecule has 0 aromatic carbocycles. The van der Waals surface area contributed by atoms with E-state index in [0.717, 1.165) is 49.0 Å². The first-order chi connectivity index (χ1) is 68.7. The molecule has 12 saturated heterocycles. The average Bonchev–Trinajstić information content (AvgIpc) is 0.753. The first-order valence-electron chi connectivity index (χ1n) is 46.6. The third-order valence-electron chi connectivity index (χ3n) is 26.9. The summed E-state index contributed by atoms with van der Waals surface area (Å²) in [6.07, 6.45) is -113. The maximum absolute atomic E-state index is 13.7. The minimum atomic E-state index is -2.60. The van der Waals surface area contributed by atoms with Gasteiger partial charge in [0.05, 0.1) is 78.8 Å². The Balaban J connectivity index is 0.886. The van der Waals surface area contributed by atoms with E-state index < -0.39 is 458 Å². The molecule has 63 heteroatoms. The van der Waals surface area contributed by atoms with E-state index in [2.05, 4.69) is 21.3 Å². The van der Waals surface area contributed by atoms with Crippen LogP contribution in [0.2, 0.25) is 0 Å². The molecule has 0 radical (unpaired) electrons. The summed E-state index contributed by atoms with van der Waals surface area (Å²) >= 11 is 0.